The Bertz CT molecular complexity index is 1910. The number of aromatic amines is 1. The fourth-order valence-corrected chi connectivity index (χ4v) is 6.11. The van der Waals surface area contributed by atoms with Crippen molar-refractivity contribution in [2.45, 2.75) is 18.4 Å². The Morgan fingerprint density at radius 1 is 0.868 bits per heavy atom. The van der Waals surface area contributed by atoms with Crippen LogP contribution >= 0.6 is 0 Å². The van der Waals surface area contributed by atoms with E-state index in [1.807, 2.05) is 37.3 Å². The molecule has 0 aliphatic carbocycles. The zero-order valence-corrected chi connectivity index (χ0v) is 21.3. The molecule has 0 aliphatic rings. The number of aromatic nitrogens is 3. The second kappa shape index (κ2) is 9.32. The molecule has 0 fully saturated rings. The molecule has 38 heavy (non-hydrogen) atoms. The molecule has 0 atom stereocenters. The maximum atomic E-state index is 13.9. The lowest BCUT2D eigenvalue weighted by atomic mass is 10.1. The van der Waals surface area contributed by atoms with Gasteiger partial charge in [-0.3, -0.25) is 9.89 Å². The van der Waals surface area contributed by atoms with E-state index in [9.17, 15) is 13.2 Å². The molecule has 0 spiro atoms. The second-order valence-electron chi connectivity index (χ2n) is 8.98. The molecule has 2 heterocycles. The molecule has 0 saturated heterocycles. The van der Waals surface area contributed by atoms with E-state index in [-0.39, 0.29) is 10.6 Å². The molecule has 0 saturated carbocycles. The highest BCUT2D eigenvalue weighted by atomic mass is 32.2. The van der Waals surface area contributed by atoms with Crippen LogP contribution in [0.25, 0.3) is 21.8 Å². The summed E-state index contributed by atoms with van der Waals surface area (Å²) in [7, 11) is -4.11. The van der Waals surface area contributed by atoms with Gasteiger partial charge in [0, 0.05) is 22.0 Å². The maximum Gasteiger partial charge on any atom is 0.268 e. The van der Waals surface area contributed by atoms with Gasteiger partial charge in [0.1, 0.15) is 18.1 Å². The van der Waals surface area contributed by atoms with Crippen LogP contribution < -0.4 is 4.74 Å². The number of hydrogen-bond acceptors (Lipinski definition) is 5. The number of nitrogens with zero attached hydrogens (tertiary/aromatic N) is 2. The van der Waals surface area contributed by atoms with Crippen molar-refractivity contribution in [2.75, 3.05) is 0 Å². The molecule has 7 nitrogen and oxygen atoms in total. The number of hydrogen-bond donors (Lipinski definition) is 1. The van der Waals surface area contributed by atoms with Crippen molar-refractivity contribution >= 4 is 37.6 Å². The van der Waals surface area contributed by atoms with Gasteiger partial charge >= 0.3 is 0 Å². The number of H-pyrrole nitrogens is 1. The summed E-state index contributed by atoms with van der Waals surface area (Å²) in [6.45, 7) is 2.17. The zero-order valence-electron chi connectivity index (χ0n) is 20.5. The van der Waals surface area contributed by atoms with Crippen molar-refractivity contribution in [3.05, 3.63) is 126 Å². The lowest BCUT2D eigenvalue weighted by Gasteiger charge is -2.12. The molecule has 1 N–H and O–H groups in total. The van der Waals surface area contributed by atoms with Crippen LogP contribution in [0.5, 0.6) is 5.75 Å². The summed E-state index contributed by atoms with van der Waals surface area (Å²) in [6.07, 6.45) is 0. The van der Waals surface area contributed by atoms with E-state index in [0.717, 1.165) is 26.1 Å². The molecule has 0 aliphatic heterocycles. The predicted molar refractivity (Wildman–Crippen MR) is 146 cm³/mol. The minimum atomic E-state index is -4.11. The van der Waals surface area contributed by atoms with E-state index < -0.39 is 15.8 Å². The van der Waals surface area contributed by atoms with Crippen molar-refractivity contribution in [1.29, 1.82) is 0 Å². The highest BCUT2D eigenvalue weighted by Crippen LogP contribution is 2.34. The highest BCUT2D eigenvalue weighted by molar-refractivity contribution is 7.90. The molecule has 0 bridgehead atoms. The average molecular weight is 522 g/mol. The summed E-state index contributed by atoms with van der Waals surface area (Å²) >= 11 is 0. The maximum absolute atomic E-state index is 13.9. The van der Waals surface area contributed by atoms with Gasteiger partial charge in [0.2, 0.25) is 5.78 Å². The van der Waals surface area contributed by atoms with Gasteiger partial charge in [-0.1, -0.05) is 54.6 Å². The van der Waals surface area contributed by atoms with Crippen molar-refractivity contribution < 1.29 is 17.9 Å². The summed E-state index contributed by atoms with van der Waals surface area (Å²) in [5, 5.41) is 8.48. The Morgan fingerprint density at radius 2 is 1.61 bits per heavy atom. The summed E-state index contributed by atoms with van der Waals surface area (Å²) in [5.74, 6) is 0.0701. The van der Waals surface area contributed by atoms with Gasteiger partial charge in [-0.15, -0.1) is 0 Å². The minimum absolute atomic E-state index is 0.0279. The fourth-order valence-electron chi connectivity index (χ4n) is 4.58. The molecule has 8 heteroatoms. The van der Waals surface area contributed by atoms with Crippen molar-refractivity contribution in [2.24, 2.45) is 0 Å². The van der Waals surface area contributed by atoms with Crippen molar-refractivity contribution in [3.63, 3.8) is 0 Å². The normalized spacial score (nSPS) is 11.7. The van der Waals surface area contributed by atoms with Gasteiger partial charge in [-0.25, -0.2) is 12.4 Å². The van der Waals surface area contributed by atoms with E-state index in [1.165, 1.54) is 12.1 Å². The molecule has 4 aromatic carbocycles. The zero-order chi connectivity index (χ0) is 26.3. The van der Waals surface area contributed by atoms with Gasteiger partial charge in [0.25, 0.3) is 10.0 Å². The molecule has 0 amide bonds. The predicted octanol–water partition coefficient (Wildman–Crippen LogP) is 5.87. The Hall–Kier alpha value is -4.69. The third kappa shape index (κ3) is 4.05. The topological polar surface area (TPSA) is 94.1 Å². The second-order valence-corrected chi connectivity index (χ2v) is 10.8. The minimum Gasteiger partial charge on any atom is -0.488 e. The molecular weight excluding hydrogens is 498 g/mol. The Kier molecular flexibility index (Phi) is 5.81. The first-order valence-corrected chi connectivity index (χ1v) is 13.5. The number of aryl methyl sites for hydroxylation is 1. The van der Waals surface area contributed by atoms with E-state index in [4.69, 9.17) is 4.74 Å². The number of carbonyl (C=O) groups excluding carboxylic acids is 1. The number of nitrogens with one attached hydrogen (secondary N) is 1. The standard InChI is InChI=1S/C30H23N3O4S/c1-20-24-17-22(15-16-26(24)32-31-20)30(34)28-18-25-27(33(28)38(35,36)23-11-6-3-7-12-23)13-8-14-29(25)37-19-21-9-4-2-5-10-21/h2-18H,19H2,1H3,(H,31,32). The summed E-state index contributed by atoms with van der Waals surface area (Å²) < 4.78 is 35.1. The lowest BCUT2D eigenvalue weighted by Crippen LogP contribution is -2.19. The molecule has 0 unspecified atom stereocenters. The SMILES string of the molecule is Cc1[nH]nc2ccc(C(=O)c3cc4c(OCc5ccccc5)cccc4n3S(=O)(=O)c3ccccc3)cc12. The molecule has 188 valence electrons. The Balaban J connectivity index is 1.53. The smallest absolute Gasteiger partial charge is 0.268 e. The Labute approximate surface area is 219 Å². The molecule has 6 aromatic rings. The number of ether oxygens (including phenoxy) is 1. The van der Waals surface area contributed by atoms with Gasteiger partial charge in [-0.2, -0.15) is 5.10 Å². The monoisotopic (exact) mass is 521 g/mol. The van der Waals surface area contributed by atoms with Crippen LogP contribution in [0.1, 0.15) is 27.3 Å². The number of carbonyl (C=O) groups is 1. The van der Waals surface area contributed by atoms with Crippen LogP contribution in [0.4, 0.5) is 0 Å². The van der Waals surface area contributed by atoms with Crippen LogP contribution in [0, 0.1) is 6.92 Å². The van der Waals surface area contributed by atoms with Gasteiger partial charge < -0.3 is 4.74 Å². The van der Waals surface area contributed by atoms with E-state index in [2.05, 4.69) is 10.2 Å². The molecule has 0 radical (unpaired) electrons. The van der Waals surface area contributed by atoms with E-state index >= 15 is 0 Å². The fraction of sp³-hybridized carbons (Fsp3) is 0.0667. The summed E-state index contributed by atoms with van der Waals surface area (Å²) in [4.78, 5) is 14.0. The number of benzene rings is 4. The number of fused-ring (bicyclic) bond motifs is 2. The third-order valence-electron chi connectivity index (χ3n) is 6.52. The largest absolute Gasteiger partial charge is 0.488 e. The summed E-state index contributed by atoms with van der Waals surface area (Å²) in [5.41, 5.74) is 3.28. The number of ketones is 1. The summed E-state index contributed by atoms with van der Waals surface area (Å²) in [6, 6.07) is 29.7. The number of rotatable bonds is 7. The molecular formula is C30H23N3O4S. The highest BCUT2D eigenvalue weighted by Gasteiger charge is 2.28. The first kappa shape index (κ1) is 23.7. The van der Waals surface area contributed by atoms with Gasteiger partial charge in [0.15, 0.2) is 0 Å². The van der Waals surface area contributed by atoms with Crippen LogP contribution in [-0.4, -0.2) is 28.4 Å². The quantitative estimate of drug-likeness (QED) is 0.265. The first-order valence-electron chi connectivity index (χ1n) is 12.0. The van der Waals surface area contributed by atoms with E-state index in [0.29, 0.717) is 28.8 Å². The van der Waals surface area contributed by atoms with Crippen LogP contribution in [0.2, 0.25) is 0 Å². The van der Waals surface area contributed by atoms with Crippen LogP contribution in [0.3, 0.4) is 0 Å². The average Bonchev–Trinajstić information content (AvgIpc) is 3.54. The lowest BCUT2D eigenvalue weighted by molar-refractivity contribution is 0.103. The third-order valence-corrected chi connectivity index (χ3v) is 8.26. The van der Waals surface area contributed by atoms with Crippen LogP contribution in [0.15, 0.2) is 108 Å². The molecule has 2 aromatic heterocycles. The van der Waals surface area contributed by atoms with Crippen LogP contribution in [-0.2, 0) is 16.6 Å². The first-order chi connectivity index (χ1) is 18.4. The van der Waals surface area contributed by atoms with Crippen molar-refractivity contribution in [3.8, 4) is 5.75 Å². The Morgan fingerprint density at radius 3 is 2.37 bits per heavy atom. The van der Waals surface area contributed by atoms with E-state index in [1.54, 1.807) is 60.7 Å². The van der Waals surface area contributed by atoms with Gasteiger partial charge in [-0.05, 0) is 61.0 Å². The van der Waals surface area contributed by atoms with Gasteiger partial charge in [0.05, 0.1) is 15.9 Å². The van der Waals surface area contributed by atoms with Crippen molar-refractivity contribution in [1.82, 2.24) is 14.2 Å². The molecule has 6 rings (SSSR count).